The first-order valence-electron chi connectivity index (χ1n) is 6.80. The number of likely N-dealkylation sites (tertiary alicyclic amines) is 1. The summed E-state index contributed by atoms with van der Waals surface area (Å²) in [5.74, 6) is -1.07. The zero-order valence-electron chi connectivity index (χ0n) is 11.3. The zero-order valence-corrected chi connectivity index (χ0v) is 11.3. The quantitative estimate of drug-likeness (QED) is 0.698. The molecule has 0 saturated carbocycles. The van der Waals surface area contributed by atoms with Crippen LogP contribution in [0.2, 0.25) is 0 Å². The topological polar surface area (TPSA) is 69.6 Å². The Labute approximate surface area is 109 Å². The van der Waals surface area contributed by atoms with E-state index in [1.165, 1.54) is 0 Å². The third-order valence-corrected chi connectivity index (χ3v) is 3.56. The summed E-state index contributed by atoms with van der Waals surface area (Å²) in [7, 11) is 0. The lowest BCUT2D eigenvalue weighted by Crippen LogP contribution is -2.50. The van der Waals surface area contributed by atoms with Gasteiger partial charge in [-0.25, -0.2) is 0 Å². The molecule has 1 amide bonds. The van der Waals surface area contributed by atoms with Gasteiger partial charge in [-0.05, 0) is 32.7 Å². The number of carboxylic acid groups (broad SMARTS) is 1. The van der Waals surface area contributed by atoms with Gasteiger partial charge in [-0.15, -0.1) is 0 Å². The zero-order chi connectivity index (χ0) is 13.5. The number of unbranched alkanes of at least 4 members (excludes halogenated alkanes) is 1. The molecule has 0 radical (unpaired) electrons. The summed E-state index contributed by atoms with van der Waals surface area (Å²) in [6, 6.07) is -0.232. The molecule has 2 N–H and O–H groups in total. The van der Waals surface area contributed by atoms with Crippen LogP contribution in [0.3, 0.4) is 0 Å². The van der Waals surface area contributed by atoms with Crippen LogP contribution in [0.4, 0.5) is 0 Å². The van der Waals surface area contributed by atoms with Gasteiger partial charge < -0.3 is 10.4 Å². The Morgan fingerprint density at radius 1 is 1.50 bits per heavy atom. The van der Waals surface area contributed by atoms with Gasteiger partial charge in [0.2, 0.25) is 5.91 Å². The maximum Gasteiger partial charge on any atom is 0.307 e. The number of piperidine rings is 1. The second-order valence-electron chi connectivity index (χ2n) is 4.99. The van der Waals surface area contributed by atoms with E-state index in [-0.39, 0.29) is 17.9 Å². The molecule has 1 aliphatic heterocycles. The van der Waals surface area contributed by atoms with Gasteiger partial charge in [0.25, 0.3) is 0 Å². The molecule has 0 aromatic carbocycles. The highest BCUT2D eigenvalue weighted by atomic mass is 16.4. The number of hydrogen-bond acceptors (Lipinski definition) is 3. The fourth-order valence-electron chi connectivity index (χ4n) is 2.26. The third-order valence-electron chi connectivity index (χ3n) is 3.56. The third kappa shape index (κ3) is 4.29. The van der Waals surface area contributed by atoms with Gasteiger partial charge in [-0.3, -0.25) is 14.5 Å². The van der Waals surface area contributed by atoms with Gasteiger partial charge >= 0.3 is 5.97 Å². The summed E-state index contributed by atoms with van der Waals surface area (Å²) in [5.41, 5.74) is 0. The molecule has 1 aliphatic rings. The number of nitrogens with zero attached hydrogens (tertiary/aromatic N) is 1. The maximum absolute atomic E-state index is 11.9. The van der Waals surface area contributed by atoms with Crippen LogP contribution in [0, 0.1) is 5.92 Å². The van der Waals surface area contributed by atoms with E-state index in [0.29, 0.717) is 13.1 Å². The Hall–Kier alpha value is -1.10. The first-order chi connectivity index (χ1) is 8.56. The number of nitrogens with one attached hydrogen (secondary N) is 1. The van der Waals surface area contributed by atoms with Crippen molar-refractivity contribution in [2.24, 2.45) is 5.92 Å². The summed E-state index contributed by atoms with van der Waals surface area (Å²) >= 11 is 0. The van der Waals surface area contributed by atoms with Gasteiger partial charge in [0.05, 0.1) is 12.0 Å². The molecule has 104 valence electrons. The van der Waals surface area contributed by atoms with Crippen LogP contribution in [0.15, 0.2) is 0 Å². The fraction of sp³-hybridized carbons (Fsp3) is 0.846. The molecule has 0 spiro atoms. The Balaban J connectivity index is 2.42. The van der Waals surface area contributed by atoms with Crippen molar-refractivity contribution in [3.63, 3.8) is 0 Å². The van der Waals surface area contributed by atoms with Crippen molar-refractivity contribution in [3.8, 4) is 0 Å². The Morgan fingerprint density at radius 3 is 2.83 bits per heavy atom. The van der Waals surface area contributed by atoms with Crippen molar-refractivity contribution in [1.82, 2.24) is 10.2 Å². The molecule has 1 rings (SSSR count). The van der Waals surface area contributed by atoms with Gasteiger partial charge in [-0.1, -0.05) is 13.3 Å². The summed E-state index contributed by atoms with van der Waals surface area (Å²) in [6.45, 7) is 5.93. The Bertz CT molecular complexity index is 294. The van der Waals surface area contributed by atoms with Crippen molar-refractivity contribution in [1.29, 1.82) is 0 Å². The van der Waals surface area contributed by atoms with E-state index in [4.69, 9.17) is 5.11 Å². The van der Waals surface area contributed by atoms with Crippen LogP contribution in [0.5, 0.6) is 0 Å². The van der Waals surface area contributed by atoms with Gasteiger partial charge in [0.15, 0.2) is 0 Å². The van der Waals surface area contributed by atoms with E-state index in [0.717, 1.165) is 32.2 Å². The molecule has 0 aliphatic carbocycles. The normalized spacial score (nSPS) is 22.4. The Morgan fingerprint density at radius 2 is 2.22 bits per heavy atom. The fourth-order valence-corrected chi connectivity index (χ4v) is 2.26. The highest BCUT2D eigenvalue weighted by molar-refractivity contribution is 5.81. The predicted molar refractivity (Wildman–Crippen MR) is 69.3 cm³/mol. The van der Waals surface area contributed by atoms with Crippen molar-refractivity contribution in [2.45, 2.75) is 45.6 Å². The molecule has 2 atom stereocenters. The highest BCUT2D eigenvalue weighted by Crippen LogP contribution is 2.18. The molecule has 18 heavy (non-hydrogen) atoms. The van der Waals surface area contributed by atoms with Crippen LogP contribution in [-0.4, -0.2) is 47.6 Å². The Kier molecular flexibility index (Phi) is 6.12. The minimum absolute atomic E-state index is 0.00879. The molecule has 1 fully saturated rings. The molecular formula is C13H24N2O3. The maximum atomic E-state index is 11.9. The summed E-state index contributed by atoms with van der Waals surface area (Å²) in [4.78, 5) is 24.8. The molecule has 0 aromatic heterocycles. The molecule has 1 saturated heterocycles. The standard InChI is InChI=1S/C13H24N2O3/c1-3-4-7-14-12(16)10(2)15-8-5-6-11(9-15)13(17)18/h10-11H,3-9H2,1-2H3,(H,14,16)(H,17,18)/t10-,11+/m0/s1. The van der Waals surface area contributed by atoms with E-state index in [1.807, 2.05) is 11.8 Å². The van der Waals surface area contributed by atoms with E-state index in [9.17, 15) is 9.59 Å². The van der Waals surface area contributed by atoms with Gasteiger partial charge in [0, 0.05) is 13.1 Å². The second kappa shape index (κ2) is 7.36. The number of aliphatic carboxylic acids is 1. The van der Waals surface area contributed by atoms with Crippen molar-refractivity contribution < 1.29 is 14.7 Å². The molecule has 0 unspecified atom stereocenters. The predicted octanol–water partition coefficient (Wildman–Crippen LogP) is 1.09. The lowest BCUT2D eigenvalue weighted by molar-refractivity contribution is -0.145. The first kappa shape index (κ1) is 15.0. The van der Waals surface area contributed by atoms with Gasteiger partial charge in [0.1, 0.15) is 0 Å². The largest absolute Gasteiger partial charge is 0.481 e. The summed E-state index contributed by atoms with van der Waals surface area (Å²) in [5, 5.41) is 11.9. The molecule has 5 nitrogen and oxygen atoms in total. The average Bonchev–Trinajstić information content (AvgIpc) is 2.38. The molecular weight excluding hydrogens is 232 g/mol. The monoisotopic (exact) mass is 256 g/mol. The lowest BCUT2D eigenvalue weighted by Gasteiger charge is -2.34. The lowest BCUT2D eigenvalue weighted by atomic mass is 9.97. The summed E-state index contributed by atoms with van der Waals surface area (Å²) in [6.07, 6.45) is 3.61. The average molecular weight is 256 g/mol. The smallest absolute Gasteiger partial charge is 0.307 e. The van der Waals surface area contributed by atoms with Gasteiger partial charge in [-0.2, -0.15) is 0 Å². The number of carbonyl (C=O) groups excluding carboxylic acids is 1. The van der Waals surface area contributed by atoms with Crippen LogP contribution in [0.1, 0.15) is 39.5 Å². The number of amides is 1. The molecule has 0 aromatic rings. The number of carbonyl (C=O) groups is 2. The van der Waals surface area contributed by atoms with Crippen LogP contribution >= 0.6 is 0 Å². The van der Waals surface area contributed by atoms with Crippen LogP contribution in [0.25, 0.3) is 0 Å². The second-order valence-corrected chi connectivity index (χ2v) is 4.99. The van der Waals surface area contributed by atoms with Crippen molar-refractivity contribution >= 4 is 11.9 Å². The van der Waals surface area contributed by atoms with E-state index in [2.05, 4.69) is 12.2 Å². The molecule has 1 heterocycles. The number of rotatable bonds is 6. The van der Waals surface area contributed by atoms with E-state index in [1.54, 1.807) is 0 Å². The SMILES string of the molecule is CCCCNC(=O)[C@H](C)N1CCC[C@@H](C(=O)O)C1. The minimum Gasteiger partial charge on any atom is -0.481 e. The van der Waals surface area contributed by atoms with Crippen LogP contribution in [-0.2, 0) is 9.59 Å². The molecule has 0 bridgehead atoms. The number of carboxylic acids is 1. The number of hydrogen-bond donors (Lipinski definition) is 2. The first-order valence-corrected chi connectivity index (χ1v) is 6.80. The highest BCUT2D eigenvalue weighted by Gasteiger charge is 2.30. The van der Waals surface area contributed by atoms with E-state index >= 15 is 0 Å². The molecule has 5 heteroatoms. The van der Waals surface area contributed by atoms with Crippen molar-refractivity contribution in [2.75, 3.05) is 19.6 Å². The summed E-state index contributed by atoms with van der Waals surface area (Å²) < 4.78 is 0. The minimum atomic E-state index is -0.752. The van der Waals surface area contributed by atoms with Crippen molar-refractivity contribution in [3.05, 3.63) is 0 Å². The van der Waals surface area contributed by atoms with Crippen LogP contribution < -0.4 is 5.32 Å². The van der Waals surface area contributed by atoms with E-state index < -0.39 is 5.97 Å².